The summed E-state index contributed by atoms with van der Waals surface area (Å²) in [4.78, 5) is 0. The van der Waals surface area contributed by atoms with E-state index < -0.39 is 0 Å². The normalized spacial score (nSPS) is 23.6. The number of hydrogen-bond acceptors (Lipinski definition) is 1. The first-order valence-electron chi connectivity index (χ1n) is 7.58. The minimum Gasteiger partial charge on any atom is -0.382 e. The molecule has 0 spiro atoms. The molecule has 1 aliphatic rings. The maximum absolute atomic E-state index is 6.19. The predicted molar refractivity (Wildman–Crippen MR) is 85.0 cm³/mol. The van der Waals surface area contributed by atoms with Gasteiger partial charge in [-0.05, 0) is 55.7 Å². The van der Waals surface area contributed by atoms with Crippen molar-refractivity contribution in [2.75, 3.05) is 5.32 Å². The van der Waals surface area contributed by atoms with E-state index in [9.17, 15) is 0 Å². The van der Waals surface area contributed by atoms with Crippen LogP contribution in [0.4, 0.5) is 5.69 Å². The lowest BCUT2D eigenvalue weighted by molar-refractivity contribution is 0.289. The number of hydrogen-bond donors (Lipinski definition) is 1. The third kappa shape index (κ3) is 4.14. The lowest BCUT2D eigenvalue weighted by atomic mass is 9.81. The van der Waals surface area contributed by atoms with E-state index in [4.69, 9.17) is 11.6 Å². The highest BCUT2D eigenvalue weighted by Gasteiger charge is 2.22. The van der Waals surface area contributed by atoms with Gasteiger partial charge in [-0.1, -0.05) is 44.4 Å². The van der Waals surface area contributed by atoms with Crippen molar-refractivity contribution < 1.29 is 0 Å². The van der Waals surface area contributed by atoms with E-state index in [2.05, 4.69) is 32.2 Å². The van der Waals surface area contributed by atoms with Crippen LogP contribution in [0.3, 0.4) is 0 Å². The van der Waals surface area contributed by atoms with Crippen LogP contribution in [-0.4, -0.2) is 6.04 Å². The highest BCUT2D eigenvalue weighted by Crippen LogP contribution is 2.32. The van der Waals surface area contributed by atoms with E-state index in [-0.39, 0.29) is 0 Å². The molecule has 1 aliphatic carbocycles. The molecule has 0 amide bonds. The van der Waals surface area contributed by atoms with Gasteiger partial charge in [0, 0.05) is 16.8 Å². The van der Waals surface area contributed by atoms with E-state index in [1.807, 2.05) is 12.1 Å². The van der Waals surface area contributed by atoms with Gasteiger partial charge in [0.05, 0.1) is 0 Å². The zero-order valence-corrected chi connectivity index (χ0v) is 13.1. The topological polar surface area (TPSA) is 12.0 Å². The van der Waals surface area contributed by atoms with Crippen LogP contribution in [0.2, 0.25) is 5.02 Å². The first-order chi connectivity index (χ1) is 9.06. The van der Waals surface area contributed by atoms with Crippen LogP contribution >= 0.6 is 11.6 Å². The quantitative estimate of drug-likeness (QED) is 0.749. The molecule has 1 fully saturated rings. The largest absolute Gasteiger partial charge is 0.382 e. The lowest BCUT2D eigenvalue weighted by Gasteiger charge is -2.31. The number of nitrogens with one attached hydrogen (secondary N) is 1. The molecule has 2 atom stereocenters. The second-order valence-corrected chi connectivity index (χ2v) is 6.82. The molecular formula is C17H26ClN. The molecule has 106 valence electrons. The summed E-state index contributed by atoms with van der Waals surface area (Å²) in [6, 6.07) is 6.76. The number of benzene rings is 1. The number of halogens is 1. The van der Waals surface area contributed by atoms with E-state index in [1.165, 1.54) is 43.4 Å². The number of anilines is 1. The molecule has 0 bridgehead atoms. The van der Waals surface area contributed by atoms with Gasteiger partial charge in [-0.2, -0.15) is 0 Å². The van der Waals surface area contributed by atoms with Gasteiger partial charge in [0.25, 0.3) is 0 Å². The van der Waals surface area contributed by atoms with Gasteiger partial charge in [0.2, 0.25) is 0 Å². The Morgan fingerprint density at radius 1 is 1.32 bits per heavy atom. The van der Waals surface area contributed by atoms with Crippen LogP contribution in [0.1, 0.15) is 51.5 Å². The molecule has 1 aromatic rings. The summed E-state index contributed by atoms with van der Waals surface area (Å²) >= 11 is 6.19. The van der Waals surface area contributed by atoms with Gasteiger partial charge < -0.3 is 5.32 Å². The standard InChI is InChI=1S/C17H26ClN/c1-12(2)10-14-6-4-7-15(11-14)19-17-9-5-8-16(18)13(17)3/h5,8-9,12,14-15,19H,4,6-7,10-11H2,1-3H3. The van der Waals surface area contributed by atoms with Crippen molar-refractivity contribution in [1.82, 2.24) is 0 Å². The predicted octanol–water partition coefficient (Wildman–Crippen LogP) is 5.67. The molecule has 19 heavy (non-hydrogen) atoms. The van der Waals surface area contributed by atoms with Gasteiger partial charge in [-0.15, -0.1) is 0 Å². The van der Waals surface area contributed by atoms with E-state index >= 15 is 0 Å². The summed E-state index contributed by atoms with van der Waals surface area (Å²) in [6.45, 7) is 6.76. The second-order valence-electron chi connectivity index (χ2n) is 6.42. The molecule has 0 radical (unpaired) electrons. The smallest absolute Gasteiger partial charge is 0.0455 e. The van der Waals surface area contributed by atoms with E-state index in [1.54, 1.807) is 0 Å². The van der Waals surface area contributed by atoms with Gasteiger partial charge in [-0.3, -0.25) is 0 Å². The third-order valence-corrected chi connectivity index (χ3v) is 4.62. The zero-order valence-electron chi connectivity index (χ0n) is 12.4. The Morgan fingerprint density at radius 3 is 2.84 bits per heavy atom. The van der Waals surface area contributed by atoms with Crippen molar-refractivity contribution in [2.45, 2.75) is 58.9 Å². The van der Waals surface area contributed by atoms with Crippen LogP contribution < -0.4 is 5.32 Å². The zero-order chi connectivity index (χ0) is 13.8. The number of rotatable bonds is 4. The Morgan fingerprint density at radius 2 is 2.11 bits per heavy atom. The van der Waals surface area contributed by atoms with Crippen LogP contribution in [-0.2, 0) is 0 Å². The first-order valence-corrected chi connectivity index (χ1v) is 7.95. The highest BCUT2D eigenvalue weighted by atomic mass is 35.5. The fraction of sp³-hybridized carbons (Fsp3) is 0.647. The van der Waals surface area contributed by atoms with Crippen LogP contribution in [0.15, 0.2) is 18.2 Å². The Hall–Kier alpha value is -0.690. The van der Waals surface area contributed by atoms with E-state index in [0.29, 0.717) is 6.04 Å². The fourth-order valence-electron chi connectivity index (χ4n) is 3.29. The molecule has 2 heteroatoms. The van der Waals surface area contributed by atoms with Crippen LogP contribution in [0.5, 0.6) is 0 Å². The summed E-state index contributed by atoms with van der Waals surface area (Å²) in [5.74, 6) is 1.71. The average Bonchev–Trinajstić information content (AvgIpc) is 2.35. The Balaban J connectivity index is 1.97. The summed E-state index contributed by atoms with van der Waals surface area (Å²) in [5.41, 5.74) is 2.39. The van der Waals surface area contributed by atoms with Crippen LogP contribution in [0, 0.1) is 18.8 Å². The summed E-state index contributed by atoms with van der Waals surface area (Å²) in [5, 5.41) is 4.57. The van der Waals surface area contributed by atoms with Crippen molar-refractivity contribution >= 4 is 17.3 Å². The van der Waals surface area contributed by atoms with Crippen molar-refractivity contribution in [2.24, 2.45) is 11.8 Å². The van der Waals surface area contributed by atoms with Crippen molar-refractivity contribution in [1.29, 1.82) is 0 Å². The lowest BCUT2D eigenvalue weighted by Crippen LogP contribution is -2.28. The third-order valence-electron chi connectivity index (χ3n) is 4.21. The molecule has 2 rings (SSSR count). The van der Waals surface area contributed by atoms with Gasteiger partial charge in [-0.25, -0.2) is 0 Å². The summed E-state index contributed by atoms with van der Waals surface area (Å²) in [7, 11) is 0. The minimum atomic E-state index is 0.620. The van der Waals surface area contributed by atoms with Crippen molar-refractivity contribution in [3.8, 4) is 0 Å². The minimum absolute atomic E-state index is 0.620. The summed E-state index contributed by atoms with van der Waals surface area (Å²) in [6.07, 6.45) is 6.73. The van der Waals surface area contributed by atoms with Crippen molar-refractivity contribution in [3.05, 3.63) is 28.8 Å². The average molecular weight is 280 g/mol. The van der Waals surface area contributed by atoms with Gasteiger partial charge in [0.1, 0.15) is 0 Å². The molecule has 0 aliphatic heterocycles. The Bertz CT molecular complexity index is 414. The Labute approximate surface area is 122 Å². The van der Waals surface area contributed by atoms with Gasteiger partial charge >= 0.3 is 0 Å². The van der Waals surface area contributed by atoms with Crippen molar-refractivity contribution in [3.63, 3.8) is 0 Å². The molecule has 0 heterocycles. The SMILES string of the molecule is Cc1c(Cl)cccc1NC1CCCC(CC(C)C)C1. The second kappa shape index (κ2) is 6.65. The summed E-state index contributed by atoms with van der Waals surface area (Å²) < 4.78 is 0. The molecule has 1 aromatic carbocycles. The molecule has 0 saturated heterocycles. The maximum Gasteiger partial charge on any atom is 0.0455 e. The molecule has 0 aromatic heterocycles. The molecule has 2 unspecified atom stereocenters. The van der Waals surface area contributed by atoms with Gasteiger partial charge in [0.15, 0.2) is 0 Å². The monoisotopic (exact) mass is 279 g/mol. The molecule has 1 nitrogen and oxygen atoms in total. The maximum atomic E-state index is 6.19. The van der Waals surface area contributed by atoms with Crippen LogP contribution in [0.25, 0.3) is 0 Å². The first kappa shape index (κ1) is 14.7. The molecular weight excluding hydrogens is 254 g/mol. The molecule has 1 saturated carbocycles. The van der Waals surface area contributed by atoms with E-state index in [0.717, 1.165) is 16.9 Å². The Kier molecular flexibility index (Phi) is 5.15. The molecule has 1 N–H and O–H groups in total. The fourth-order valence-corrected chi connectivity index (χ4v) is 3.46. The highest BCUT2D eigenvalue weighted by molar-refractivity contribution is 6.31.